The molecular weight excluding hydrogens is 1680 g/mol. The van der Waals surface area contributed by atoms with Gasteiger partial charge in [0.05, 0.1) is 51.5 Å². The van der Waals surface area contributed by atoms with Crippen molar-refractivity contribution in [2.45, 2.75) is 141 Å². The number of nitriles is 1. The van der Waals surface area contributed by atoms with E-state index in [1.165, 1.54) is 69.8 Å². The molecule has 3 aliphatic heterocycles. The minimum atomic E-state index is -4.55. The van der Waals surface area contributed by atoms with Crippen molar-refractivity contribution in [3.63, 3.8) is 0 Å². The predicted molar refractivity (Wildman–Crippen MR) is 502 cm³/mol. The number of alkyl halides is 3. The maximum atomic E-state index is 13.1. The number of carbonyl (C=O) groups excluding carboxylic acids is 6. The molecular formula is C98H106F3N25O6. The van der Waals surface area contributed by atoms with Gasteiger partial charge in [0.2, 0.25) is 17.7 Å². The maximum Gasteiger partial charge on any atom is 0.416 e. The summed E-state index contributed by atoms with van der Waals surface area (Å²) in [6.45, 7) is 14.2. The predicted octanol–water partition coefficient (Wildman–Crippen LogP) is 14.0. The van der Waals surface area contributed by atoms with Gasteiger partial charge in [0, 0.05) is 164 Å². The van der Waals surface area contributed by atoms with Gasteiger partial charge in [-0.25, -0.2) is 44.9 Å². The first-order chi connectivity index (χ1) is 63.7. The van der Waals surface area contributed by atoms with Crippen LogP contribution in [0.2, 0.25) is 0 Å². The van der Waals surface area contributed by atoms with E-state index in [1.54, 1.807) is 66.9 Å². The summed E-state index contributed by atoms with van der Waals surface area (Å²) in [7, 11) is 6.28. The molecule has 9 N–H and O–H groups in total. The molecule has 6 fully saturated rings. The van der Waals surface area contributed by atoms with Gasteiger partial charge in [0.1, 0.15) is 70.8 Å². The Balaban J connectivity index is 0.000000144. The summed E-state index contributed by atoms with van der Waals surface area (Å²) in [5, 5.41) is 19.4. The highest BCUT2D eigenvalue weighted by Crippen LogP contribution is 2.45. The van der Waals surface area contributed by atoms with Crippen LogP contribution in [0.5, 0.6) is 0 Å². The number of benzene rings is 3. The fourth-order valence-corrected chi connectivity index (χ4v) is 18.1. The summed E-state index contributed by atoms with van der Waals surface area (Å²) in [6, 6.07) is 34.1. The van der Waals surface area contributed by atoms with E-state index in [0.717, 1.165) is 148 Å². The van der Waals surface area contributed by atoms with E-state index in [-0.39, 0.29) is 59.0 Å². The summed E-state index contributed by atoms with van der Waals surface area (Å²) < 4.78 is 45.7. The van der Waals surface area contributed by atoms with Crippen molar-refractivity contribution in [3.05, 3.63) is 234 Å². The number of amides is 6. The zero-order valence-corrected chi connectivity index (χ0v) is 74.7. The molecule has 9 aromatic heterocycles. The van der Waals surface area contributed by atoms with Gasteiger partial charge in [0.25, 0.3) is 17.7 Å². The van der Waals surface area contributed by atoms with E-state index in [9.17, 15) is 41.9 Å². The summed E-state index contributed by atoms with van der Waals surface area (Å²) in [4.78, 5) is 129. The molecule has 3 aliphatic carbocycles. The number of nitrogens with two attached hydrogens (primary N) is 3. The third-order valence-corrected chi connectivity index (χ3v) is 25.5. The van der Waals surface area contributed by atoms with Crippen LogP contribution in [-0.2, 0) is 27.0 Å². The molecule has 31 nitrogen and oxygen atoms in total. The zero-order chi connectivity index (χ0) is 92.8. The molecule has 0 spiro atoms. The summed E-state index contributed by atoms with van der Waals surface area (Å²) in [6.07, 6.45) is 26.7. The molecule has 3 atom stereocenters. The lowest BCUT2D eigenvalue weighted by Crippen LogP contribution is -2.28. The van der Waals surface area contributed by atoms with Crippen LogP contribution >= 0.6 is 0 Å². The number of nitrogen functional groups attached to an aromatic ring is 3. The molecule has 12 heterocycles. The van der Waals surface area contributed by atoms with Crippen molar-refractivity contribution in [2.75, 3.05) is 113 Å². The number of pyridine rings is 3. The first-order valence-corrected chi connectivity index (χ1v) is 44.6. The minimum absolute atomic E-state index is 0.0145. The Morgan fingerprint density at radius 3 is 1.10 bits per heavy atom. The number of halogens is 3. The third-order valence-electron chi connectivity index (χ3n) is 25.5. The van der Waals surface area contributed by atoms with Crippen LogP contribution in [0.4, 0.5) is 48.1 Å². The van der Waals surface area contributed by atoms with Gasteiger partial charge >= 0.3 is 6.18 Å². The number of rotatable bonds is 26. The molecule has 132 heavy (non-hydrogen) atoms. The SMILES string of the molecule is CCCc1ccnc(NC(=O)c2ccc(-c3c(C)n([C@@H]4CCN(C(=O)/C=C/CN(C)C5CC5)C4)c4ncnc(N)c34)cc2)c1.Cc1c(-c2ccc(C(=O)Nc3cc(C#N)ccn3)cc2)c2c(N)ncnc2n1[C@@H]1CCN(C(=O)/C=C/CN(C)C2CC2)C1.Cc1c(-c2ccc(C(=O)Nc3cc(C(F)(F)F)ccn3)cc2)c2c(N)ncnc2n1[C@@H]1CCN(C(=O)/C=C/CN(C)C2CC2)C1. The molecule has 0 unspecified atom stereocenters. The molecule has 34 heteroatoms. The van der Waals surface area contributed by atoms with Crippen LogP contribution in [0.3, 0.4) is 0 Å². The second-order valence-electron chi connectivity index (χ2n) is 34.6. The van der Waals surface area contributed by atoms with Crippen molar-refractivity contribution in [1.29, 1.82) is 5.26 Å². The zero-order valence-electron chi connectivity index (χ0n) is 74.7. The molecule has 680 valence electrons. The Hall–Kier alpha value is -14.4. The Kier molecular flexibility index (Phi) is 27.2. The lowest BCUT2D eigenvalue weighted by molar-refractivity contribution is -0.137. The Labute approximate surface area is 761 Å². The quantitative estimate of drug-likeness (QED) is 0.0274. The molecule has 6 amide bonds. The van der Waals surface area contributed by atoms with E-state index in [4.69, 9.17) is 22.5 Å². The van der Waals surface area contributed by atoms with E-state index >= 15 is 0 Å². The van der Waals surface area contributed by atoms with Gasteiger partial charge in [-0.05, 0) is 201 Å². The van der Waals surface area contributed by atoms with Crippen LogP contribution in [0.25, 0.3) is 66.5 Å². The van der Waals surface area contributed by atoms with Crippen molar-refractivity contribution in [1.82, 2.24) is 88.0 Å². The third kappa shape index (κ3) is 20.4. The summed E-state index contributed by atoms with van der Waals surface area (Å²) in [5.74, 6) is 0.639. The lowest BCUT2D eigenvalue weighted by Gasteiger charge is -2.18. The number of likely N-dealkylation sites (tertiary alicyclic amines) is 3. The number of hydrogen-bond acceptors (Lipinski definition) is 22. The average Bonchev–Trinajstić information content (AvgIpc) is 1.60. The highest BCUT2D eigenvalue weighted by Gasteiger charge is 2.37. The molecule has 6 aliphatic rings. The van der Waals surface area contributed by atoms with Gasteiger partial charge in [0.15, 0.2) is 0 Å². The number of hydrogen-bond donors (Lipinski definition) is 6. The second kappa shape index (κ2) is 39.5. The fourth-order valence-electron chi connectivity index (χ4n) is 18.1. The van der Waals surface area contributed by atoms with Crippen molar-refractivity contribution >= 4 is 103 Å². The largest absolute Gasteiger partial charge is 0.416 e. The van der Waals surface area contributed by atoms with Gasteiger partial charge in [-0.1, -0.05) is 68.0 Å². The number of aromatic nitrogens is 12. The minimum Gasteiger partial charge on any atom is -0.383 e. The van der Waals surface area contributed by atoms with Gasteiger partial charge in [-0.3, -0.25) is 43.5 Å². The first-order valence-electron chi connectivity index (χ1n) is 44.6. The number of aryl methyl sites for hydroxylation is 1. The number of likely N-dealkylation sites (N-methyl/N-ethyl adjacent to an activating group) is 3. The van der Waals surface area contributed by atoms with Crippen LogP contribution in [0.15, 0.2) is 183 Å². The summed E-state index contributed by atoms with van der Waals surface area (Å²) >= 11 is 0. The molecule has 3 saturated carbocycles. The fraction of sp³-hybridized carbons (Fsp3) is 0.347. The average molecular weight is 1790 g/mol. The van der Waals surface area contributed by atoms with E-state index in [0.29, 0.717) is 114 Å². The van der Waals surface area contributed by atoms with Gasteiger partial charge in [-0.15, -0.1) is 0 Å². The summed E-state index contributed by atoms with van der Waals surface area (Å²) in [5.41, 5.74) is 31.3. The molecule has 3 aromatic carbocycles. The van der Waals surface area contributed by atoms with Crippen molar-refractivity contribution < 1.29 is 41.9 Å². The van der Waals surface area contributed by atoms with E-state index < -0.39 is 17.6 Å². The van der Waals surface area contributed by atoms with Crippen LogP contribution in [0.1, 0.15) is 154 Å². The number of nitrogens with zero attached hydrogens (tertiary/aromatic N) is 19. The number of anilines is 6. The van der Waals surface area contributed by atoms with Crippen molar-refractivity contribution in [2.24, 2.45) is 0 Å². The standard InChI is InChI=1S/C34H40N8O2.C32H33F3N8O2.C32H33N9O2/c1-4-6-23-14-16-36-28(19-23)39-34(44)25-10-8-24(9-11-25)30-22(2)42(33-31(30)32(35)37-21-38-33)27-15-18-41(20-27)29(43)7-5-17-40(3)26-12-13-26;1-19-27(20-5-7-21(8-6-20)31(45)40-25-16-22(11-13-37-25)32(33,34)35)28-29(36)38-18-39-30(28)43(19)24-12-15-42(17-24)26(44)4-3-14-41(2)23-9-10-23;1-20-28(22-5-7-23(8-6-22)32(43)38-26-16-21(17-33)11-13-35-26)29-30(34)36-19-37-31(29)41(20)25-12-15-40(18-25)27(42)4-3-14-39(2)24-9-10-24/h5,7-11,14,16,19,21,26-27H,4,6,12-13,15,17-18,20H2,1-3H3,(H2,35,37,38)(H,36,39,44);3-8,11,13,16,18,23-24H,9-10,12,14-15,17H2,1-2H3,(H2,36,38,39)(H,37,40,45);3-8,11,13,16,19,24-25H,9-10,12,14-15,18H2,1-2H3,(H2,34,36,37)(H,35,38,43)/b7-5+;2*4-3+/t27-;24-;25-/m111/s1. The Morgan fingerprint density at radius 1 is 0.447 bits per heavy atom. The smallest absolute Gasteiger partial charge is 0.383 e. The second-order valence-corrected chi connectivity index (χ2v) is 34.6. The normalized spacial score (nSPS) is 16.9. The molecule has 0 radical (unpaired) electrons. The molecule has 3 saturated heterocycles. The first kappa shape index (κ1) is 90.9. The van der Waals surface area contributed by atoms with Crippen molar-refractivity contribution in [3.8, 4) is 39.4 Å². The number of carbonyl (C=O) groups is 6. The van der Waals surface area contributed by atoms with E-state index in [1.807, 2.05) is 101 Å². The monoisotopic (exact) mass is 1790 g/mol. The van der Waals surface area contributed by atoms with Crippen LogP contribution in [-0.4, -0.2) is 222 Å². The molecule has 18 rings (SSSR count). The van der Waals surface area contributed by atoms with Crippen LogP contribution < -0.4 is 33.2 Å². The lowest BCUT2D eigenvalue weighted by atomic mass is 10.0. The van der Waals surface area contributed by atoms with Gasteiger partial charge < -0.3 is 61.6 Å². The van der Waals surface area contributed by atoms with E-state index in [2.05, 4.69) is 124 Å². The van der Waals surface area contributed by atoms with Crippen LogP contribution in [0, 0.1) is 32.1 Å². The Morgan fingerprint density at radius 2 is 0.773 bits per heavy atom. The number of nitrogens with one attached hydrogen (secondary N) is 3. The Bertz CT molecular complexity index is 6490. The maximum absolute atomic E-state index is 13.1. The molecule has 12 aromatic rings. The number of fused-ring (bicyclic) bond motifs is 3. The highest BCUT2D eigenvalue weighted by atomic mass is 19.4. The highest BCUT2D eigenvalue weighted by molar-refractivity contribution is 6.09. The topological polar surface area (TPSA) is 391 Å². The van der Waals surface area contributed by atoms with Gasteiger partial charge in [-0.2, -0.15) is 18.4 Å². The molecule has 0 bridgehead atoms.